The van der Waals surface area contributed by atoms with Crippen molar-refractivity contribution in [2.24, 2.45) is 0 Å². The number of aromatic nitrogens is 3. The zero-order chi connectivity index (χ0) is 23.7. The highest BCUT2D eigenvalue weighted by Crippen LogP contribution is 2.31. The van der Waals surface area contributed by atoms with E-state index < -0.39 is 0 Å². The molecule has 1 amide bonds. The summed E-state index contributed by atoms with van der Waals surface area (Å²) < 4.78 is 2.62. The molecular weight excluding hydrogens is 534 g/mol. The average molecular weight is 557 g/mol. The van der Waals surface area contributed by atoms with Crippen LogP contribution in [0.3, 0.4) is 0 Å². The van der Waals surface area contributed by atoms with Gasteiger partial charge in [-0.05, 0) is 65.4 Å². The Kier molecular flexibility index (Phi) is 6.81. The summed E-state index contributed by atoms with van der Waals surface area (Å²) in [7, 11) is 0. The molecule has 1 aliphatic rings. The molecule has 5 rings (SSSR count). The first kappa shape index (κ1) is 23.2. The number of carbonyl (C=O) groups is 1. The zero-order valence-electron chi connectivity index (χ0n) is 18.5. The van der Waals surface area contributed by atoms with Crippen LogP contribution >= 0.6 is 39.3 Å². The molecule has 2 aromatic heterocycles. The molecule has 6 nitrogen and oxygen atoms in total. The topological polar surface area (TPSA) is 62.5 Å². The van der Waals surface area contributed by atoms with E-state index in [9.17, 15) is 4.79 Å². The Balaban J connectivity index is 1.33. The number of anilines is 1. The van der Waals surface area contributed by atoms with Gasteiger partial charge in [0.15, 0.2) is 5.65 Å². The van der Waals surface area contributed by atoms with Gasteiger partial charge in [-0.15, -0.1) is 11.8 Å². The number of likely N-dealkylation sites (tertiary alicyclic amines) is 1. The number of carbonyl (C=O) groups excluding carboxylic acids is 1. The van der Waals surface area contributed by atoms with E-state index in [1.807, 2.05) is 65.8 Å². The first-order valence-electron chi connectivity index (χ1n) is 11.0. The van der Waals surface area contributed by atoms with Gasteiger partial charge in [0.1, 0.15) is 5.82 Å². The molecule has 0 saturated carbocycles. The third kappa shape index (κ3) is 4.67. The number of hydrogen-bond donors (Lipinski definition) is 1. The van der Waals surface area contributed by atoms with Crippen LogP contribution in [0, 0.1) is 0 Å². The Morgan fingerprint density at radius 1 is 1.15 bits per heavy atom. The summed E-state index contributed by atoms with van der Waals surface area (Å²) in [4.78, 5) is 20.8. The molecule has 0 bridgehead atoms. The van der Waals surface area contributed by atoms with Gasteiger partial charge >= 0.3 is 0 Å². The molecule has 2 aromatic carbocycles. The molecule has 9 heteroatoms. The van der Waals surface area contributed by atoms with Crippen LogP contribution in [-0.2, 0) is 0 Å². The normalized spacial score (nSPS) is 14.5. The van der Waals surface area contributed by atoms with Crippen LogP contribution < -0.4 is 5.32 Å². The van der Waals surface area contributed by atoms with Crippen LogP contribution in [0.2, 0.25) is 5.02 Å². The number of halogens is 2. The molecule has 174 valence electrons. The van der Waals surface area contributed by atoms with Crippen molar-refractivity contribution >= 4 is 56.7 Å². The van der Waals surface area contributed by atoms with Crippen molar-refractivity contribution in [2.45, 2.75) is 23.8 Å². The number of hydrogen-bond acceptors (Lipinski definition) is 5. The lowest BCUT2D eigenvalue weighted by molar-refractivity contribution is 0.0718. The third-order valence-electron chi connectivity index (χ3n) is 6.05. The summed E-state index contributed by atoms with van der Waals surface area (Å²) in [5.74, 6) is 0.942. The van der Waals surface area contributed by atoms with Crippen LogP contribution in [0.1, 0.15) is 23.2 Å². The highest BCUT2D eigenvalue weighted by atomic mass is 79.9. The number of rotatable bonds is 5. The van der Waals surface area contributed by atoms with Gasteiger partial charge in [0.25, 0.3) is 5.91 Å². The van der Waals surface area contributed by atoms with Gasteiger partial charge in [-0.25, -0.2) is 4.98 Å². The van der Waals surface area contributed by atoms with Crippen LogP contribution in [0.5, 0.6) is 0 Å². The van der Waals surface area contributed by atoms with Gasteiger partial charge < -0.3 is 10.2 Å². The molecule has 1 N–H and O–H groups in total. The lowest BCUT2D eigenvalue weighted by Crippen LogP contribution is -2.42. The molecular formula is C25H23BrClN5OS. The number of fused-ring (bicyclic) bond motifs is 1. The van der Waals surface area contributed by atoms with E-state index in [1.165, 1.54) is 0 Å². The third-order valence-corrected chi connectivity index (χ3v) is 7.68. The van der Waals surface area contributed by atoms with E-state index in [0.29, 0.717) is 18.1 Å². The zero-order valence-corrected chi connectivity index (χ0v) is 21.7. The maximum absolute atomic E-state index is 12.9. The van der Waals surface area contributed by atoms with Gasteiger partial charge in [-0.1, -0.05) is 29.8 Å². The fraction of sp³-hybridized carbons (Fsp3) is 0.240. The summed E-state index contributed by atoms with van der Waals surface area (Å²) >= 11 is 11.7. The SMILES string of the molecule is CSc1ccc(C(=O)N2CCC(Nc3cc(-c4ccccc4Cl)nc4c(Br)cnn34)CC2)cc1. The van der Waals surface area contributed by atoms with Crippen LogP contribution in [0.15, 0.2) is 70.2 Å². The lowest BCUT2D eigenvalue weighted by atomic mass is 10.0. The fourth-order valence-electron chi connectivity index (χ4n) is 4.20. The second kappa shape index (κ2) is 9.98. The average Bonchev–Trinajstić information content (AvgIpc) is 3.25. The molecule has 0 spiro atoms. The van der Waals surface area contributed by atoms with Crippen molar-refractivity contribution in [3.63, 3.8) is 0 Å². The number of nitrogens with zero attached hydrogens (tertiary/aromatic N) is 4. The summed E-state index contributed by atoms with van der Waals surface area (Å²) in [6, 6.07) is 17.7. The minimum atomic E-state index is 0.0921. The van der Waals surface area contributed by atoms with Gasteiger partial charge in [-0.3, -0.25) is 4.79 Å². The first-order valence-corrected chi connectivity index (χ1v) is 13.4. The fourth-order valence-corrected chi connectivity index (χ4v) is 5.19. The Morgan fingerprint density at radius 2 is 1.88 bits per heavy atom. The molecule has 1 saturated heterocycles. The van der Waals surface area contributed by atoms with E-state index in [2.05, 4.69) is 26.3 Å². The van der Waals surface area contributed by atoms with Crippen molar-refractivity contribution in [3.05, 3.63) is 75.9 Å². The van der Waals surface area contributed by atoms with Crippen molar-refractivity contribution in [1.82, 2.24) is 19.5 Å². The number of amides is 1. The van der Waals surface area contributed by atoms with E-state index in [4.69, 9.17) is 16.6 Å². The van der Waals surface area contributed by atoms with Gasteiger partial charge in [-0.2, -0.15) is 9.61 Å². The maximum Gasteiger partial charge on any atom is 0.253 e. The van der Waals surface area contributed by atoms with Crippen LogP contribution in [0.4, 0.5) is 5.82 Å². The predicted octanol–water partition coefficient (Wildman–Crippen LogP) is 6.25. The molecule has 4 aromatic rings. The van der Waals surface area contributed by atoms with E-state index >= 15 is 0 Å². The molecule has 3 heterocycles. The Morgan fingerprint density at radius 3 is 2.59 bits per heavy atom. The minimum Gasteiger partial charge on any atom is -0.367 e. The van der Waals surface area contributed by atoms with Crippen molar-refractivity contribution < 1.29 is 4.79 Å². The van der Waals surface area contributed by atoms with Crippen molar-refractivity contribution in [2.75, 3.05) is 24.7 Å². The molecule has 0 atom stereocenters. The quantitative estimate of drug-likeness (QED) is 0.294. The van der Waals surface area contributed by atoms with E-state index in [1.54, 1.807) is 22.5 Å². The van der Waals surface area contributed by atoms with Gasteiger partial charge in [0.05, 0.1) is 16.4 Å². The Bertz CT molecular complexity index is 1340. The highest BCUT2D eigenvalue weighted by Gasteiger charge is 2.25. The summed E-state index contributed by atoms with van der Waals surface area (Å²) in [5, 5.41) is 8.77. The maximum atomic E-state index is 12.9. The van der Waals surface area contributed by atoms with Gasteiger partial charge in [0, 0.05) is 46.2 Å². The number of piperidine rings is 1. The smallest absolute Gasteiger partial charge is 0.253 e. The molecule has 0 aliphatic carbocycles. The van der Waals surface area contributed by atoms with E-state index in [-0.39, 0.29) is 11.9 Å². The van der Waals surface area contributed by atoms with E-state index in [0.717, 1.165) is 50.5 Å². The molecule has 34 heavy (non-hydrogen) atoms. The van der Waals surface area contributed by atoms with Crippen molar-refractivity contribution in [1.29, 1.82) is 0 Å². The summed E-state index contributed by atoms with van der Waals surface area (Å²) in [6.07, 6.45) is 5.47. The lowest BCUT2D eigenvalue weighted by Gasteiger charge is -2.33. The number of thioether (sulfide) groups is 1. The van der Waals surface area contributed by atoms with Crippen LogP contribution in [0.25, 0.3) is 16.9 Å². The van der Waals surface area contributed by atoms with Gasteiger partial charge in [0.2, 0.25) is 0 Å². The largest absolute Gasteiger partial charge is 0.367 e. The monoisotopic (exact) mass is 555 g/mol. The molecule has 1 fully saturated rings. The molecule has 0 radical (unpaired) electrons. The van der Waals surface area contributed by atoms with Crippen molar-refractivity contribution in [3.8, 4) is 11.3 Å². The molecule has 0 unspecified atom stereocenters. The Hall–Kier alpha value is -2.55. The number of benzene rings is 2. The highest BCUT2D eigenvalue weighted by molar-refractivity contribution is 9.10. The predicted molar refractivity (Wildman–Crippen MR) is 142 cm³/mol. The number of nitrogens with one attached hydrogen (secondary N) is 1. The Labute approximate surface area is 215 Å². The minimum absolute atomic E-state index is 0.0921. The van der Waals surface area contributed by atoms with Crippen LogP contribution in [-0.4, -0.2) is 50.8 Å². The summed E-state index contributed by atoms with van der Waals surface area (Å²) in [6.45, 7) is 1.41. The first-order chi connectivity index (χ1) is 16.5. The standard InChI is InChI=1S/C25H23BrClN5OS/c1-34-18-8-6-16(7-9-18)25(33)31-12-10-17(11-13-31)29-23-14-22(19-4-2-3-5-21(19)27)30-24-20(26)15-28-32(23)24/h2-9,14-15,17,29H,10-13H2,1H3. The summed E-state index contributed by atoms with van der Waals surface area (Å²) in [5.41, 5.74) is 3.12. The second-order valence-corrected chi connectivity index (χ2v) is 10.3. The molecule has 1 aliphatic heterocycles. The second-order valence-electron chi connectivity index (χ2n) is 8.17.